The predicted molar refractivity (Wildman–Crippen MR) is 155 cm³/mol. The van der Waals surface area contributed by atoms with E-state index in [2.05, 4.69) is 0 Å². The molecule has 1 amide bonds. The van der Waals surface area contributed by atoms with Crippen LogP contribution in [-0.4, -0.2) is 53.4 Å². The van der Waals surface area contributed by atoms with E-state index in [1.807, 2.05) is 36.4 Å². The molecule has 2 aromatic carbocycles. The van der Waals surface area contributed by atoms with Crippen LogP contribution in [0.1, 0.15) is 31.4 Å². The summed E-state index contributed by atoms with van der Waals surface area (Å²) in [4.78, 5) is 26.9. The first kappa shape index (κ1) is 35.7. The number of aliphatic hydroxyl groups is 1. The number of amides is 1. The van der Waals surface area contributed by atoms with Crippen molar-refractivity contribution >= 4 is 26.2 Å². The third kappa shape index (κ3) is 8.86. The van der Waals surface area contributed by atoms with E-state index in [9.17, 15) is 23.8 Å². The van der Waals surface area contributed by atoms with Crippen molar-refractivity contribution in [3.05, 3.63) is 71.8 Å². The van der Waals surface area contributed by atoms with Gasteiger partial charge in [-0.15, -0.1) is 0 Å². The minimum atomic E-state index is -3.05. The van der Waals surface area contributed by atoms with Crippen LogP contribution in [0.5, 0.6) is 0 Å². The van der Waals surface area contributed by atoms with Gasteiger partial charge >= 0.3 is 6.09 Å². The predicted octanol–water partition coefficient (Wildman–Crippen LogP) is 4.48. The maximum Gasteiger partial charge on any atom is 0.411 e. The fourth-order valence-corrected chi connectivity index (χ4v) is 4.53. The zero-order chi connectivity index (χ0) is 31.8. The molecule has 14 heteroatoms. The van der Waals surface area contributed by atoms with Crippen LogP contribution in [0.2, 0.25) is 0 Å². The third-order valence-corrected chi connectivity index (χ3v) is 9.39. The number of hydrogen-bond acceptors (Lipinski definition) is 11. The maximum atomic E-state index is 12.8. The van der Waals surface area contributed by atoms with Crippen LogP contribution in [0.25, 0.3) is 0 Å². The van der Waals surface area contributed by atoms with E-state index in [-0.39, 0.29) is 38.4 Å². The first-order valence-corrected chi connectivity index (χ1v) is 16.5. The molecule has 12 nitrogen and oxygen atoms in total. The number of aliphatic hydroxyl groups excluding tert-OH is 1. The van der Waals surface area contributed by atoms with Crippen LogP contribution in [0.4, 0.5) is 4.79 Å². The summed E-state index contributed by atoms with van der Waals surface area (Å²) in [6.45, 7) is 3.15. The average molecular weight is 611 g/mol. The molecule has 0 radical (unpaired) electrons. The molecule has 42 heavy (non-hydrogen) atoms. The summed E-state index contributed by atoms with van der Waals surface area (Å²) in [6.07, 6.45) is -1.09. The van der Waals surface area contributed by atoms with Crippen LogP contribution in [0.3, 0.4) is 0 Å². The van der Waals surface area contributed by atoms with Crippen molar-refractivity contribution in [3.8, 4) is 23.2 Å². The number of benzene rings is 2. The molecule has 3 rings (SSSR count). The number of nitrogens with zero attached hydrogens (tertiary/aromatic N) is 5. The third-order valence-electron chi connectivity index (χ3n) is 6.32. The van der Waals surface area contributed by atoms with E-state index in [0.29, 0.717) is 5.56 Å². The Balaban J connectivity index is 0.000000454. The van der Waals surface area contributed by atoms with E-state index in [0.717, 1.165) is 5.56 Å². The Bertz CT molecular complexity index is 1390. The molecular formula is C28H32N6O6P2. The molecule has 2 aromatic rings. The van der Waals surface area contributed by atoms with Gasteiger partial charge < -0.3 is 15.6 Å². The Morgan fingerprint density at radius 2 is 1.38 bits per heavy atom. The van der Waals surface area contributed by atoms with Gasteiger partial charge in [0.1, 0.15) is 29.8 Å². The highest BCUT2D eigenvalue weighted by Gasteiger charge is 2.56. The molecule has 1 aliphatic rings. The Morgan fingerprint density at radius 3 is 1.76 bits per heavy atom. The number of rotatable bonds is 7. The van der Waals surface area contributed by atoms with Gasteiger partial charge in [-0.1, -0.05) is 74.5 Å². The number of nitrogens with two attached hydrogens (primary N) is 1. The van der Waals surface area contributed by atoms with Crippen LogP contribution < -0.4 is 5.73 Å². The van der Waals surface area contributed by atoms with Crippen molar-refractivity contribution in [2.75, 3.05) is 25.4 Å². The fraction of sp³-hybridized carbons (Fsp3) is 0.357. The highest BCUT2D eigenvalue weighted by atomic mass is 31.2. The molecule has 1 aliphatic heterocycles. The van der Waals surface area contributed by atoms with Gasteiger partial charge in [0.2, 0.25) is 0 Å². The zero-order valence-electron chi connectivity index (χ0n) is 23.3. The monoisotopic (exact) mass is 610 g/mol. The smallest absolute Gasteiger partial charge is 0.411 e. The Labute approximate surface area is 245 Å². The fourth-order valence-electron chi connectivity index (χ4n) is 3.87. The number of hydrogen-bond donors (Lipinski definition) is 2. The molecule has 0 aliphatic carbocycles. The second-order valence-corrected chi connectivity index (χ2v) is 13.8. The Hall–Kier alpha value is -4.28. The normalized spacial score (nSPS) is 17.3. The lowest BCUT2D eigenvalue weighted by Crippen LogP contribution is -2.57. The van der Waals surface area contributed by atoms with Crippen molar-refractivity contribution in [1.29, 1.82) is 21.0 Å². The van der Waals surface area contributed by atoms with E-state index >= 15 is 0 Å². The molecule has 0 spiro atoms. The van der Waals surface area contributed by atoms with E-state index in [1.54, 1.807) is 38.1 Å². The number of Topliss-reactive ketones (excluding diaryl/α,β-unsaturated/α-hetero) is 1. The molecule has 3 N–H and O–H groups in total. The van der Waals surface area contributed by atoms with Gasteiger partial charge in [0, 0.05) is 18.9 Å². The highest BCUT2D eigenvalue weighted by molar-refractivity contribution is 7.73. The number of carbonyl (C=O) groups excluding carboxylic acids is 2. The summed E-state index contributed by atoms with van der Waals surface area (Å²) < 4.78 is 26.6. The van der Waals surface area contributed by atoms with E-state index < -0.39 is 37.8 Å². The van der Waals surface area contributed by atoms with E-state index in [1.165, 1.54) is 28.1 Å². The minimum absolute atomic E-state index is 0.0912. The Kier molecular flexibility index (Phi) is 14.3. The summed E-state index contributed by atoms with van der Waals surface area (Å²) in [7, 11) is -6.10. The topological polar surface area (TPSA) is 222 Å². The SMILES string of the molecule is CCP(=O)(C#N)C#N.CCP(=O)(C#N)C#N.NCC(=O)C1(c2ccccc2)[C@@H](O)CCN1C(=O)OCc1ccccc1. The maximum absolute atomic E-state index is 12.8. The first-order valence-electron chi connectivity index (χ1n) is 12.8. The van der Waals surface area contributed by atoms with Crippen LogP contribution in [0.15, 0.2) is 60.7 Å². The average Bonchev–Trinajstić information content (AvgIpc) is 3.41. The number of likely N-dealkylation sites (tertiary alicyclic amines) is 1. The second kappa shape index (κ2) is 16.9. The van der Waals surface area contributed by atoms with Crippen molar-refractivity contribution in [1.82, 2.24) is 4.90 Å². The molecule has 1 saturated heterocycles. The van der Waals surface area contributed by atoms with Crippen molar-refractivity contribution in [3.63, 3.8) is 0 Å². The lowest BCUT2D eigenvalue weighted by Gasteiger charge is -2.38. The first-order chi connectivity index (χ1) is 20.0. The quantitative estimate of drug-likeness (QED) is 0.416. The summed E-state index contributed by atoms with van der Waals surface area (Å²) in [5.41, 5.74) is 5.50. The largest absolute Gasteiger partial charge is 0.445 e. The molecular weight excluding hydrogens is 578 g/mol. The second-order valence-electron chi connectivity index (χ2n) is 8.77. The van der Waals surface area contributed by atoms with Gasteiger partial charge in [-0.25, -0.2) is 4.79 Å². The molecule has 1 fully saturated rings. The number of ether oxygens (including phenoxy) is 1. The zero-order valence-corrected chi connectivity index (χ0v) is 25.1. The van der Waals surface area contributed by atoms with E-state index in [4.69, 9.17) is 31.5 Å². The van der Waals surface area contributed by atoms with Crippen molar-refractivity contribution in [2.45, 2.75) is 38.5 Å². The summed E-state index contributed by atoms with van der Waals surface area (Å²) in [6, 6.07) is 18.1. The summed E-state index contributed by atoms with van der Waals surface area (Å²) >= 11 is 0. The van der Waals surface area contributed by atoms with Crippen LogP contribution in [-0.2, 0) is 30.8 Å². The Morgan fingerprint density at radius 1 is 0.929 bits per heavy atom. The number of ketones is 1. The van der Waals surface area contributed by atoms with Gasteiger partial charge in [-0.2, -0.15) is 21.0 Å². The van der Waals surface area contributed by atoms with Gasteiger partial charge in [0.05, 0.1) is 12.6 Å². The lowest BCUT2D eigenvalue weighted by atomic mass is 9.81. The van der Waals surface area contributed by atoms with Crippen LogP contribution in [0, 0.1) is 44.3 Å². The van der Waals surface area contributed by atoms with Gasteiger partial charge in [0.25, 0.3) is 14.3 Å². The standard InChI is InChI=1S/C20H22N2O4.2C4H5N2OP/c21-13-18(24)20(16-9-5-2-6-10-16)17(23)11-12-22(20)19(25)26-14-15-7-3-1-4-8-15;2*1-2-8(7,3-5)4-6/h1-10,17,23H,11-14,21H2;2*2H2,1H3/t17-,20?;;/m0../s1. The highest BCUT2D eigenvalue weighted by Crippen LogP contribution is 2.42. The molecule has 2 atom stereocenters. The molecule has 220 valence electrons. The van der Waals surface area contributed by atoms with Crippen LogP contribution >= 0.6 is 14.3 Å². The summed E-state index contributed by atoms with van der Waals surface area (Å²) in [5, 5.41) is 42.9. The molecule has 1 unspecified atom stereocenters. The molecule has 0 bridgehead atoms. The van der Waals surface area contributed by atoms with Crippen molar-refractivity contribution < 1.29 is 28.6 Å². The van der Waals surface area contributed by atoms with Gasteiger partial charge in [-0.3, -0.25) is 18.8 Å². The minimum Gasteiger partial charge on any atom is -0.445 e. The number of nitriles is 4. The van der Waals surface area contributed by atoms with Crippen molar-refractivity contribution in [2.24, 2.45) is 5.73 Å². The lowest BCUT2D eigenvalue weighted by molar-refractivity contribution is -0.133. The molecule has 0 aromatic heterocycles. The molecule has 1 heterocycles. The number of carbonyl (C=O) groups is 2. The molecule has 0 saturated carbocycles. The van der Waals surface area contributed by atoms with Gasteiger partial charge in [-0.05, 0) is 17.5 Å². The summed E-state index contributed by atoms with van der Waals surface area (Å²) in [5.74, 6) is 5.48. The van der Waals surface area contributed by atoms with Gasteiger partial charge in [0.15, 0.2) is 11.3 Å².